The van der Waals surface area contributed by atoms with Crippen LogP contribution in [0, 0.1) is 5.92 Å². The van der Waals surface area contributed by atoms with Gasteiger partial charge in [-0.05, 0) is 25.3 Å². The van der Waals surface area contributed by atoms with Crippen molar-refractivity contribution in [3.8, 4) is 0 Å². The molecule has 2 aromatic rings. The fourth-order valence-electron chi connectivity index (χ4n) is 3.00. The van der Waals surface area contributed by atoms with Gasteiger partial charge in [-0.25, -0.2) is 4.98 Å². The summed E-state index contributed by atoms with van der Waals surface area (Å²) in [7, 11) is 0. The quantitative estimate of drug-likeness (QED) is 0.925. The van der Waals surface area contributed by atoms with Crippen molar-refractivity contribution in [3.05, 3.63) is 52.0 Å². The first-order valence-corrected chi connectivity index (χ1v) is 8.94. The van der Waals surface area contributed by atoms with Crippen LogP contribution < -0.4 is 0 Å². The van der Waals surface area contributed by atoms with Crippen LogP contribution in [-0.2, 0) is 11.2 Å². The summed E-state index contributed by atoms with van der Waals surface area (Å²) in [5, 5.41) is 11.9. The van der Waals surface area contributed by atoms with Gasteiger partial charge < -0.3 is 10.0 Å². The van der Waals surface area contributed by atoms with Gasteiger partial charge in [0.05, 0.1) is 10.9 Å². The second-order valence-corrected chi connectivity index (χ2v) is 7.15. The molecule has 1 saturated heterocycles. The molecule has 1 N–H and O–H groups in total. The zero-order valence-corrected chi connectivity index (χ0v) is 14.3. The van der Waals surface area contributed by atoms with Crippen LogP contribution in [0.1, 0.15) is 40.8 Å². The van der Waals surface area contributed by atoms with E-state index in [1.165, 1.54) is 11.3 Å². The number of benzene rings is 1. The summed E-state index contributed by atoms with van der Waals surface area (Å²) < 4.78 is 0. The zero-order chi connectivity index (χ0) is 17.1. The van der Waals surface area contributed by atoms with E-state index in [0.717, 1.165) is 10.6 Å². The van der Waals surface area contributed by atoms with Crippen LogP contribution in [0.15, 0.2) is 35.7 Å². The van der Waals surface area contributed by atoms with Gasteiger partial charge >= 0.3 is 5.97 Å². The third-order valence-corrected chi connectivity index (χ3v) is 5.31. The third-order valence-electron chi connectivity index (χ3n) is 4.46. The molecule has 1 amide bonds. The normalized spacial score (nSPS) is 20.8. The van der Waals surface area contributed by atoms with Gasteiger partial charge in [0.25, 0.3) is 5.91 Å². The zero-order valence-electron chi connectivity index (χ0n) is 13.5. The molecule has 1 aliphatic rings. The highest BCUT2D eigenvalue weighted by Gasteiger charge is 2.33. The average molecular weight is 344 g/mol. The summed E-state index contributed by atoms with van der Waals surface area (Å²) >= 11 is 1.47. The molecule has 1 fully saturated rings. The lowest BCUT2D eigenvalue weighted by atomic mass is 9.93. The Balaban J connectivity index is 1.72. The molecule has 0 aliphatic carbocycles. The number of aromatic nitrogens is 1. The number of carbonyl (C=O) groups is 2. The Morgan fingerprint density at radius 3 is 2.75 bits per heavy atom. The fraction of sp³-hybridized carbons (Fsp3) is 0.389. The minimum atomic E-state index is -0.831. The van der Waals surface area contributed by atoms with E-state index in [1.807, 2.05) is 37.3 Å². The van der Waals surface area contributed by atoms with Crippen LogP contribution in [0.4, 0.5) is 0 Å². The number of piperidine rings is 1. The van der Waals surface area contributed by atoms with Crippen LogP contribution in [-0.4, -0.2) is 39.5 Å². The molecule has 5 nitrogen and oxygen atoms in total. The minimum absolute atomic E-state index is 0.0485. The third kappa shape index (κ3) is 3.64. The lowest BCUT2D eigenvalue weighted by Gasteiger charge is -2.36. The van der Waals surface area contributed by atoms with E-state index < -0.39 is 11.9 Å². The highest BCUT2D eigenvalue weighted by Crippen LogP contribution is 2.25. The number of carbonyl (C=O) groups excluding carboxylic acids is 1. The summed E-state index contributed by atoms with van der Waals surface area (Å²) in [5.41, 5.74) is 1.58. The first-order chi connectivity index (χ1) is 11.5. The Morgan fingerprint density at radius 1 is 1.29 bits per heavy atom. The predicted octanol–water partition coefficient (Wildman–Crippen LogP) is 3.06. The van der Waals surface area contributed by atoms with Gasteiger partial charge in [-0.3, -0.25) is 9.59 Å². The monoisotopic (exact) mass is 344 g/mol. The van der Waals surface area contributed by atoms with Crippen LogP contribution in [0.2, 0.25) is 0 Å². The van der Waals surface area contributed by atoms with Crippen molar-refractivity contribution >= 4 is 23.2 Å². The van der Waals surface area contributed by atoms with Crippen molar-refractivity contribution in [2.24, 2.45) is 5.92 Å². The summed E-state index contributed by atoms with van der Waals surface area (Å²) in [6.07, 6.45) is 2.03. The summed E-state index contributed by atoms with van der Waals surface area (Å²) in [6, 6.07) is 10.1. The number of rotatable bonds is 4. The maximum absolute atomic E-state index is 12.7. The molecular formula is C18H20N2O3S. The molecule has 1 aromatic heterocycles. The number of thiazole rings is 1. The standard InChI is InChI=1S/C18H20N2O3S/c1-12-7-8-14(18(22)23)10-20(12)17(21)15-11-24-16(19-15)9-13-5-3-2-4-6-13/h2-6,11-12,14H,7-10H2,1H3,(H,22,23). The second kappa shape index (κ2) is 7.13. The van der Waals surface area contributed by atoms with Gasteiger partial charge in [0, 0.05) is 24.4 Å². The lowest BCUT2D eigenvalue weighted by Crippen LogP contribution is -2.47. The number of carboxylic acids is 1. The molecule has 0 bridgehead atoms. The van der Waals surface area contributed by atoms with E-state index in [0.29, 0.717) is 25.0 Å². The number of likely N-dealkylation sites (tertiary alicyclic amines) is 1. The predicted molar refractivity (Wildman–Crippen MR) is 92.2 cm³/mol. The van der Waals surface area contributed by atoms with Crippen molar-refractivity contribution in [1.82, 2.24) is 9.88 Å². The SMILES string of the molecule is CC1CCC(C(=O)O)CN1C(=O)c1csc(Cc2ccccc2)n1. The number of amides is 1. The van der Waals surface area contributed by atoms with Crippen molar-refractivity contribution in [2.75, 3.05) is 6.54 Å². The van der Waals surface area contributed by atoms with Gasteiger partial charge in [0.2, 0.25) is 0 Å². The van der Waals surface area contributed by atoms with E-state index in [1.54, 1.807) is 10.3 Å². The molecule has 2 unspecified atom stereocenters. The van der Waals surface area contributed by atoms with Crippen molar-refractivity contribution < 1.29 is 14.7 Å². The van der Waals surface area contributed by atoms with Gasteiger partial charge in [0.1, 0.15) is 5.69 Å². The van der Waals surface area contributed by atoms with Gasteiger partial charge in [0.15, 0.2) is 0 Å². The molecule has 24 heavy (non-hydrogen) atoms. The van der Waals surface area contributed by atoms with Crippen molar-refractivity contribution in [3.63, 3.8) is 0 Å². The number of aliphatic carboxylic acids is 1. The minimum Gasteiger partial charge on any atom is -0.481 e. The Hall–Kier alpha value is -2.21. The highest BCUT2D eigenvalue weighted by atomic mass is 32.1. The molecule has 0 saturated carbocycles. The molecule has 0 spiro atoms. The molecule has 3 rings (SSSR count). The molecule has 6 heteroatoms. The topological polar surface area (TPSA) is 70.5 Å². The van der Waals surface area contributed by atoms with E-state index >= 15 is 0 Å². The van der Waals surface area contributed by atoms with Crippen LogP contribution in [0.3, 0.4) is 0 Å². The van der Waals surface area contributed by atoms with E-state index in [-0.39, 0.29) is 18.5 Å². The van der Waals surface area contributed by atoms with E-state index in [9.17, 15) is 14.7 Å². The van der Waals surface area contributed by atoms with E-state index in [2.05, 4.69) is 4.98 Å². The second-order valence-electron chi connectivity index (χ2n) is 6.21. The number of hydrogen-bond acceptors (Lipinski definition) is 4. The average Bonchev–Trinajstić information content (AvgIpc) is 3.04. The van der Waals surface area contributed by atoms with Crippen molar-refractivity contribution in [1.29, 1.82) is 0 Å². The first-order valence-electron chi connectivity index (χ1n) is 8.06. The molecule has 0 radical (unpaired) electrons. The molecular weight excluding hydrogens is 324 g/mol. The van der Waals surface area contributed by atoms with Gasteiger partial charge in [-0.2, -0.15) is 0 Å². The van der Waals surface area contributed by atoms with Crippen LogP contribution >= 0.6 is 11.3 Å². The van der Waals surface area contributed by atoms with Crippen LogP contribution in [0.5, 0.6) is 0 Å². The molecule has 1 aromatic carbocycles. The Bertz CT molecular complexity index is 729. The number of carboxylic acid groups (broad SMARTS) is 1. The number of nitrogens with zero attached hydrogens (tertiary/aromatic N) is 2. The maximum atomic E-state index is 12.7. The molecule has 2 heterocycles. The molecule has 2 atom stereocenters. The summed E-state index contributed by atoms with van der Waals surface area (Å²) in [4.78, 5) is 30.1. The highest BCUT2D eigenvalue weighted by molar-refractivity contribution is 7.09. The number of hydrogen-bond donors (Lipinski definition) is 1. The smallest absolute Gasteiger partial charge is 0.308 e. The van der Waals surface area contributed by atoms with Gasteiger partial charge in [-0.15, -0.1) is 11.3 Å². The van der Waals surface area contributed by atoms with Crippen LogP contribution in [0.25, 0.3) is 0 Å². The molecule has 126 valence electrons. The largest absolute Gasteiger partial charge is 0.481 e. The summed E-state index contributed by atoms with van der Waals surface area (Å²) in [5.74, 6) is -1.47. The van der Waals surface area contributed by atoms with E-state index in [4.69, 9.17) is 0 Å². The van der Waals surface area contributed by atoms with Crippen molar-refractivity contribution in [2.45, 2.75) is 32.2 Å². The maximum Gasteiger partial charge on any atom is 0.308 e. The Labute approximate surface area is 145 Å². The first kappa shape index (κ1) is 16.6. The lowest BCUT2D eigenvalue weighted by molar-refractivity contribution is -0.143. The Kier molecular flexibility index (Phi) is 4.94. The fourth-order valence-corrected chi connectivity index (χ4v) is 3.80. The van der Waals surface area contributed by atoms with Gasteiger partial charge in [-0.1, -0.05) is 30.3 Å². The Morgan fingerprint density at radius 2 is 2.04 bits per heavy atom. The summed E-state index contributed by atoms with van der Waals surface area (Å²) in [6.45, 7) is 2.23. The molecule has 1 aliphatic heterocycles.